The van der Waals surface area contributed by atoms with Crippen LogP contribution in [0.3, 0.4) is 0 Å². The Labute approximate surface area is 303 Å². The average Bonchev–Trinajstić information content (AvgIpc) is 3.12. The lowest BCUT2D eigenvalue weighted by atomic mass is 9.66. The molecule has 1 N–H and O–H groups in total. The van der Waals surface area contributed by atoms with Gasteiger partial charge in [-0.05, 0) is 83.1 Å². The second-order valence-corrected chi connectivity index (χ2v) is 16.0. The van der Waals surface area contributed by atoms with Gasteiger partial charge in [-0.3, -0.25) is 24.2 Å². The van der Waals surface area contributed by atoms with Gasteiger partial charge in [-0.2, -0.15) is 0 Å². The van der Waals surface area contributed by atoms with Crippen LogP contribution < -0.4 is 0 Å². The topological polar surface area (TPSA) is 120 Å². The minimum absolute atomic E-state index is 0.0167. The first-order valence-corrected chi connectivity index (χ1v) is 18.3. The molecule has 1 aliphatic carbocycles. The molecule has 2 aromatic carbocycles. The molecule has 2 bridgehead atoms. The van der Waals surface area contributed by atoms with Gasteiger partial charge in [0.2, 0.25) is 5.91 Å². The zero-order valence-corrected chi connectivity index (χ0v) is 30.4. The summed E-state index contributed by atoms with van der Waals surface area (Å²) < 4.78 is 39.8. The third-order valence-electron chi connectivity index (χ3n) is 11.1. The molecule has 5 aliphatic rings. The fraction of sp³-hybridized carbons (Fsp3) is 0.590. The zero-order chi connectivity index (χ0) is 37.3. The molecule has 4 aliphatic heterocycles. The molecule has 4 heterocycles. The molecular formula is C39H50F2N4O7. The average molecular weight is 725 g/mol. The van der Waals surface area contributed by atoms with Gasteiger partial charge in [0.15, 0.2) is 0 Å². The Hall–Kier alpha value is -4.10. The Bertz CT molecular complexity index is 1650. The lowest BCUT2D eigenvalue weighted by Crippen LogP contribution is -2.60. The number of carbonyl (C=O) groups excluding carboxylic acids is 3. The molecule has 282 valence electrons. The van der Waals surface area contributed by atoms with Gasteiger partial charge < -0.3 is 24.4 Å². The number of carboxylic acid groups (broad SMARTS) is 1. The van der Waals surface area contributed by atoms with E-state index >= 15 is 0 Å². The number of amides is 3. The molecule has 2 aromatic rings. The highest BCUT2D eigenvalue weighted by molar-refractivity contribution is 5.94. The van der Waals surface area contributed by atoms with Crippen LogP contribution in [-0.2, 0) is 25.6 Å². The van der Waals surface area contributed by atoms with Crippen molar-refractivity contribution >= 4 is 23.9 Å². The van der Waals surface area contributed by atoms with Crippen LogP contribution in [0.2, 0.25) is 0 Å². The number of fused-ring (bicyclic) bond motifs is 3. The van der Waals surface area contributed by atoms with E-state index < -0.39 is 34.7 Å². The lowest BCUT2D eigenvalue weighted by molar-refractivity contribution is -0.206. The molecule has 5 fully saturated rings. The number of hydrogen-bond donors (Lipinski definition) is 1. The summed E-state index contributed by atoms with van der Waals surface area (Å²) in [4.78, 5) is 59.2. The second kappa shape index (κ2) is 15.1. The molecule has 7 rings (SSSR count). The summed E-state index contributed by atoms with van der Waals surface area (Å²) in [6.07, 6.45) is 3.57. The van der Waals surface area contributed by atoms with Crippen molar-refractivity contribution in [2.45, 2.75) is 83.0 Å². The zero-order valence-electron chi connectivity index (χ0n) is 30.4. The number of benzene rings is 2. The Morgan fingerprint density at radius 2 is 1.69 bits per heavy atom. The van der Waals surface area contributed by atoms with Crippen LogP contribution in [0.25, 0.3) is 0 Å². The summed E-state index contributed by atoms with van der Waals surface area (Å²) in [6.45, 7) is 9.03. The first-order chi connectivity index (χ1) is 24.6. The van der Waals surface area contributed by atoms with Crippen LogP contribution in [0.15, 0.2) is 42.5 Å². The number of likely N-dealkylation sites (tertiary alicyclic amines) is 1. The monoisotopic (exact) mass is 724 g/mol. The van der Waals surface area contributed by atoms with Crippen molar-refractivity contribution < 1.29 is 42.5 Å². The van der Waals surface area contributed by atoms with E-state index in [1.807, 2.05) is 29.2 Å². The molecule has 0 aromatic heterocycles. The summed E-state index contributed by atoms with van der Waals surface area (Å²) in [6, 6.07) is 10.7. The number of ether oxygens (including phenoxy) is 2. The number of halogens is 2. The van der Waals surface area contributed by atoms with E-state index in [4.69, 9.17) is 9.47 Å². The first-order valence-electron chi connectivity index (χ1n) is 18.3. The van der Waals surface area contributed by atoms with Crippen molar-refractivity contribution in [3.8, 4) is 0 Å². The third-order valence-corrected chi connectivity index (χ3v) is 11.1. The Morgan fingerprint density at radius 1 is 0.962 bits per heavy atom. The molecule has 1 unspecified atom stereocenters. The lowest BCUT2D eigenvalue weighted by Gasteiger charge is -2.53. The van der Waals surface area contributed by atoms with Crippen LogP contribution >= 0.6 is 0 Å². The molecular weight excluding hydrogens is 674 g/mol. The van der Waals surface area contributed by atoms with Crippen LogP contribution in [0.5, 0.6) is 0 Å². The predicted molar refractivity (Wildman–Crippen MR) is 188 cm³/mol. The quantitative estimate of drug-likeness (QED) is 0.371. The maximum absolute atomic E-state index is 14.6. The summed E-state index contributed by atoms with van der Waals surface area (Å²) >= 11 is 0. The minimum atomic E-state index is -0.843. The normalized spacial score (nSPS) is 25.1. The fourth-order valence-electron chi connectivity index (χ4n) is 7.97. The van der Waals surface area contributed by atoms with E-state index in [2.05, 4.69) is 4.90 Å². The Kier molecular flexibility index (Phi) is 10.9. The van der Waals surface area contributed by atoms with Gasteiger partial charge in [0, 0.05) is 68.9 Å². The molecule has 1 atom stereocenters. The van der Waals surface area contributed by atoms with Crippen molar-refractivity contribution in [2.24, 2.45) is 5.41 Å². The van der Waals surface area contributed by atoms with Gasteiger partial charge in [-0.1, -0.05) is 18.2 Å². The maximum atomic E-state index is 14.6. The largest absolute Gasteiger partial charge is 0.481 e. The van der Waals surface area contributed by atoms with Crippen LogP contribution in [-0.4, -0.2) is 119 Å². The Balaban J connectivity index is 1.04. The van der Waals surface area contributed by atoms with E-state index in [1.165, 1.54) is 6.07 Å². The van der Waals surface area contributed by atoms with Gasteiger partial charge in [-0.15, -0.1) is 0 Å². The van der Waals surface area contributed by atoms with Crippen molar-refractivity contribution in [3.05, 3.63) is 70.8 Å². The molecule has 11 nitrogen and oxygen atoms in total. The molecule has 1 saturated carbocycles. The van der Waals surface area contributed by atoms with Crippen molar-refractivity contribution in [2.75, 3.05) is 59.0 Å². The van der Waals surface area contributed by atoms with Gasteiger partial charge >= 0.3 is 12.1 Å². The predicted octanol–water partition coefficient (Wildman–Crippen LogP) is 5.28. The van der Waals surface area contributed by atoms with Gasteiger partial charge in [0.25, 0.3) is 5.91 Å². The summed E-state index contributed by atoms with van der Waals surface area (Å²) in [7, 11) is 0. The number of rotatable bonds is 9. The van der Waals surface area contributed by atoms with Crippen LogP contribution in [0.1, 0.15) is 86.7 Å². The molecule has 13 heteroatoms. The smallest absolute Gasteiger partial charge is 0.411 e. The minimum Gasteiger partial charge on any atom is -0.481 e. The highest BCUT2D eigenvalue weighted by Gasteiger charge is 2.54. The fourth-order valence-corrected chi connectivity index (χ4v) is 7.97. The number of nitrogens with zero attached hydrogens (tertiary/aromatic N) is 4. The molecule has 4 saturated heterocycles. The van der Waals surface area contributed by atoms with Crippen LogP contribution in [0, 0.1) is 17.0 Å². The molecule has 3 amide bonds. The van der Waals surface area contributed by atoms with Crippen LogP contribution in [0.4, 0.5) is 13.6 Å². The molecule has 0 spiro atoms. The number of hydrogen-bond acceptors (Lipinski definition) is 7. The van der Waals surface area contributed by atoms with Gasteiger partial charge in [0.05, 0.1) is 24.2 Å². The van der Waals surface area contributed by atoms with Crippen molar-refractivity contribution in [1.29, 1.82) is 0 Å². The van der Waals surface area contributed by atoms with Gasteiger partial charge in [0.1, 0.15) is 23.8 Å². The first kappa shape index (κ1) is 37.7. The third kappa shape index (κ3) is 8.57. The summed E-state index contributed by atoms with van der Waals surface area (Å²) in [5.74, 6) is -2.67. The number of aliphatic carboxylic acids is 1. The number of piperidine rings is 1. The summed E-state index contributed by atoms with van der Waals surface area (Å²) in [5, 5.41) is 9.67. The van der Waals surface area contributed by atoms with Gasteiger partial charge in [-0.25, -0.2) is 13.6 Å². The number of piperazine rings is 1. The van der Waals surface area contributed by atoms with Crippen molar-refractivity contribution in [3.63, 3.8) is 0 Å². The van der Waals surface area contributed by atoms with E-state index in [9.17, 15) is 33.1 Å². The summed E-state index contributed by atoms with van der Waals surface area (Å²) in [5.41, 5.74) is -0.254. The van der Waals surface area contributed by atoms with E-state index in [-0.39, 0.29) is 48.6 Å². The highest BCUT2D eigenvalue weighted by atomic mass is 19.1. The highest BCUT2D eigenvalue weighted by Crippen LogP contribution is 2.49. The van der Waals surface area contributed by atoms with Crippen molar-refractivity contribution in [1.82, 2.24) is 19.6 Å². The number of carbonyl (C=O) groups is 4. The van der Waals surface area contributed by atoms with E-state index in [1.54, 1.807) is 25.7 Å². The SMILES string of the molecule is CC(C)(C)OC(=O)N(CC(=O)N1CCCC(c2cccc(C(=O)N3CCN(CC45CCC(C(=O)O)(CC4)CO5)CC3)c2)C1)Cc1ccc(F)cc1F. The second-order valence-electron chi connectivity index (χ2n) is 16.0. The van der Waals surface area contributed by atoms with E-state index in [0.717, 1.165) is 54.8 Å². The number of carboxylic acids is 1. The standard InChI is InChI=1S/C39H50F2N4O7/c1-37(2,3)52-36(50)45(23-30-9-10-31(40)21-32(30)41)24-33(46)44-15-5-8-29(22-44)27-6-4-7-28(20-27)34(47)43-18-16-42(17-19-43)25-39-13-11-38(12-14-39,26-51-39)35(48)49/h4,6-7,9-10,20-21,29H,5,8,11-19,22-26H2,1-3H3,(H,48,49). The molecule has 52 heavy (non-hydrogen) atoms. The van der Waals surface area contributed by atoms with E-state index in [0.29, 0.717) is 57.7 Å². The maximum Gasteiger partial charge on any atom is 0.411 e. The molecule has 0 radical (unpaired) electrons. The Morgan fingerprint density at radius 3 is 2.33 bits per heavy atom.